The monoisotopic (exact) mass is 359 g/mol. The van der Waals surface area contributed by atoms with Crippen molar-refractivity contribution in [3.05, 3.63) is 66.9 Å². The average Bonchev–Trinajstić information content (AvgIpc) is 3.06. The van der Waals surface area contributed by atoms with Crippen molar-refractivity contribution in [3.63, 3.8) is 0 Å². The first-order valence-corrected chi connectivity index (χ1v) is 8.70. The number of hydrogen-bond donors (Lipinski definition) is 1. The van der Waals surface area contributed by atoms with Crippen LogP contribution in [0.4, 0.5) is 11.5 Å². The molecule has 0 fully saturated rings. The number of methoxy groups -OCH3 is 2. The van der Waals surface area contributed by atoms with Gasteiger partial charge in [0.05, 0.1) is 19.7 Å². The first kappa shape index (κ1) is 17.0. The fourth-order valence-electron chi connectivity index (χ4n) is 3.30. The molecule has 5 heteroatoms. The lowest BCUT2D eigenvalue weighted by molar-refractivity contribution is 0.355. The Kier molecular flexibility index (Phi) is 4.42. The van der Waals surface area contributed by atoms with Gasteiger partial charge >= 0.3 is 0 Å². The fraction of sp³-hybridized carbons (Fsp3) is 0.136. The van der Waals surface area contributed by atoms with E-state index in [2.05, 4.69) is 40.1 Å². The quantitative estimate of drug-likeness (QED) is 0.545. The van der Waals surface area contributed by atoms with Gasteiger partial charge in [-0.25, -0.2) is 4.98 Å². The highest BCUT2D eigenvalue weighted by atomic mass is 16.5. The average molecular weight is 359 g/mol. The molecule has 2 aromatic heterocycles. The summed E-state index contributed by atoms with van der Waals surface area (Å²) in [5.74, 6) is 2.17. The van der Waals surface area contributed by atoms with E-state index in [1.807, 2.05) is 48.7 Å². The molecule has 4 rings (SSSR count). The summed E-state index contributed by atoms with van der Waals surface area (Å²) >= 11 is 0. The van der Waals surface area contributed by atoms with Gasteiger partial charge in [-0.1, -0.05) is 30.3 Å². The van der Waals surface area contributed by atoms with Crippen LogP contribution in [0.25, 0.3) is 22.2 Å². The van der Waals surface area contributed by atoms with Crippen LogP contribution in [0.2, 0.25) is 0 Å². The summed E-state index contributed by atoms with van der Waals surface area (Å²) in [6.45, 7) is 0. The lowest BCUT2D eigenvalue weighted by atomic mass is 10.1. The zero-order chi connectivity index (χ0) is 18.8. The lowest BCUT2D eigenvalue weighted by Gasteiger charge is -2.11. The van der Waals surface area contributed by atoms with Crippen molar-refractivity contribution >= 4 is 22.4 Å². The van der Waals surface area contributed by atoms with Gasteiger partial charge in [-0.15, -0.1) is 0 Å². The molecule has 0 unspecified atom stereocenters. The second kappa shape index (κ2) is 7.03. The predicted molar refractivity (Wildman–Crippen MR) is 109 cm³/mol. The normalized spacial score (nSPS) is 10.8. The molecule has 5 nitrogen and oxygen atoms in total. The van der Waals surface area contributed by atoms with Crippen LogP contribution in [0.1, 0.15) is 0 Å². The number of pyridine rings is 1. The Morgan fingerprint density at radius 1 is 0.889 bits per heavy atom. The molecule has 0 spiro atoms. The second-order valence-corrected chi connectivity index (χ2v) is 6.24. The molecule has 0 saturated heterocycles. The molecule has 1 N–H and O–H groups in total. The van der Waals surface area contributed by atoms with Gasteiger partial charge in [-0.2, -0.15) is 0 Å². The van der Waals surface area contributed by atoms with Crippen molar-refractivity contribution in [2.75, 3.05) is 19.5 Å². The Morgan fingerprint density at radius 3 is 2.41 bits per heavy atom. The Morgan fingerprint density at radius 2 is 1.67 bits per heavy atom. The molecular formula is C22H21N3O2. The minimum atomic E-state index is 0.674. The number of nitrogens with one attached hydrogen (secondary N) is 1. The number of ether oxygens (including phenoxy) is 2. The van der Waals surface area contributed by atoms with Crippen molar-refractivity contribution in [3.8, 4) is 22.8 Å². The van der Waals surface area contributed by atoms with E-state index in [0.717, 1.165) is 28.1 Å². The zero-order valence-electron chi connectivity index (χ0n) is 15.6. The molecule has 0 atom stereocenters. The smallest absolute Gasteiger partial charge is 0.162 e. The Labute approximate surface area is 158 Å². The van der Waals surface area contributed by atoms with E-state index < -0.39 is 0 Å². The van der Waals surface area contributed by atoms with Crippen LogP contribution in [0.5, 0.6) is 11.5 Å². The van der Waals surface area contributed by atoms with Crippen LogP contribution in [0, 0.1) is 0 Å². The van der Waals surface area contributed by atoms with Gasteiger partial charge in [0.2, 0.25) is 0 Å². The summed E-state index contributed by atoms with van der Waals surface area (Å²) in [6, 6.07) is 20.3. The van der Waals surface area contributed by atoms with E-state index in [9.17, 15) is 0 Å². The molecule has 0 aliphatic rings. The van der Waals surface area contributed by atoms with E-state index in [0.29, 0.717) is 11.5 Å². The third kappa shape index (κ3) is 3.08. The summed E-state index contributed by atoms with van der Waals surface area (Å²) in [5.41, 5.74) is 4.33. The van der Waals surface area contributed by atoms with Crippen LogP contribution in [0.15, 0.2) is 66.9 Å². The number of rotatable bonds is 5. The van der Waals surface area contributed by atoms with Crippen LogP contribution < -0.4 is 14.8 Å². The highest BCUT2D eigenvalue weighted by Crippen LogP contribution is 2.34. The SMILES string of the molecule is COc1ccc(Nc2nccc3c2cc(-c2ccccc2)n3C)cc1OC. The van der Waals surface area contributed by atoms with Crippen molar-refractivity contribution in [2.24, 2.45) is 7.05 Å². The number of hydrogen-bond acceptors (Lipinski definition) is 4. The molecule has 2 heterocycles. The predicted octanol–water partition coefficient (Wildman–Crippen LogP) is 5.00. The third-order valence-electron chi connectivity index (χ3n) is 4.69. The molecule has 0 amide bonds. The Bertz CT molecular complexity index is 1090. The highest BCUT2D eigenvalue weighted by molar-refractivity contribution is 5.96. The molecule has 0 aliphatic carbocycles. The third-order valence-corrected chi connectivity index (χ3v) is 4.69. The first-order valence-electron chi connectivity index (χ1n) is 8.70. The van der Waals surface area contributed by atoms with Crippen LogP contribution in [-0.4, -0.2) is 23.8 Å². The Hall–Kier alpha value is -3.47. The molecule has 27 heavy (non-hydrogen) atoms. The molecule has 0 aliphatic heterocycles. The van der Waals surface area contributed by atoms with E-state index >= 15 is 0 Å². The summed E-state index contributed by atoms with van der Waals surface area (Å²) in [6.07, 6.45) is 1.82. The van der Waals surface area contributed by atoms with Gasteiger partial charge in [0.25, 0.3) is 0 Å². The molecule has 0 radical (unpaired) electrons. The van der Waals surface area contributed by atoms with E-state index in [1.165, 1.54) is 5.56 Å². The van der Waals surface area contributed by atoms with Gasteiger partial charge in [0.15, 0.2) is 11.5 Å². The fourth-order valence-corrected chi connectivity index (χ4v) is 3.30. The summed E-state index contributed by atoms with van der Waals surface area (Å²) < 4.78 is 12.9. The minimum absolute atomic E-state index is 0.674. The number of fused-ring (bicyclic) bond motifs is 1. The maximum absolute atomic E-state index is 5.39. The van der Waals surface area contributed by atoms with Crippen LogP contribution in [0.3, 0.4) is 0 Å². The van der Waals surface area contributed by atoms with Crippen molar-refractivity contribution in [1.29, 1.82) is 0 Å². The molecule has 0 saturated carbocycles. The second-order valence-electron chi connectivity index (χ2n) is 6.24. The maximum Gasteiger partial charge on any atom is 0.162 e. The Balaban J connectivity index is 1.77. The molecule has 136 valence electrons. The highest BCUT2D eigenvalue weighted by Gasteiger charge is 2.12. The number of aromatic nitrogens is 2. The summed E-state index contributed by atoms with van der Waals surface area (Å²) in [5, 5.41) is 4.47. The molecule has 4 aromatic rings. The minimum Gasteiger partial charge on any atom is -0.493 e. The van der Waals surface area contributed by atoms with Crippen molar-refractivity contribution in [2.45, 2.75) is 0 Å². The van der Waals surface area contributed by atoms with Gasteiger partial charge < -0.3 is 19.4 Å². The zero-order valence-corrected chi connectivity index (χ0v) is 15.6. The number of benzene rings is 2. The van der Waals surface area contributed by atoms with Crippen LogP contribution >= 0.6 is 0 Å². The maximum atomic E-state index is 5.39. The van der Waals surface area contributed by atoms with Gasteiger partial charge in [0.1, 0.15) is 5.82 Å². The number of anilines is 2. The van der Waals surface area contributed by atoms with Crippen molar-refractivity contribution < 1.29 is 9.47 Å². The van der Waals surface area contributed by atoms with Gasteiger partial charge in [-0.05, 0) is 29.8 Å². The van der Waals surface area contributed by atoms with E-state index in [-0.39, 0.29) is 0 Å². The molecular weight excluding hydrogens is 338 g/mol. The topological polar surface area (TPSA) is 48.3 Å². The molecule has 0 bridgehead atoms. The van der Waals surface area contributed by atoms with Crippen LogP contribution in [-0.2, 0) is 7.05 Å². The number of nitrogens with zero attached hydrogens (tertiary/aromatic N) is 2. The van der Waals surface area contributed by atoms with E-state index in [4.69, 9.17) is 9.47 Å². The van der Waals surface area contributed by atoms with Crippen molar-refractivity contribution in [1.82, 2.24) is 9.55 Å². The number of aryl methyl sites for hydroxylation is 1. The summed E-state index contributed by atoms with van der Waals surface area (Å²) in [7, 11) is 5.33. The van der Waals surface area contributed by atoms with E-state index in [1.54, 1.807) is 14.2 Å². The van der Waals surface area contributed by atoms with Gasteiger partial charge in [0, 0.05) is 36.1 Å². The molecule has 2 aromatic carbocycles. The summed E-state index contributed by atoms with van der Waals surface area (Å²) in [4.78, 5) is 4.55. The first-order chi connectivity index (χ1) is 13.2. The lowest BCUT2D eigenvalue weighted by Crippen LogP contribution is -1.97. The largest absolute Gasteiger partial charge is 0.493 e. The van der Waals surface area contributed by atoms with Gasteiger partial charge in [-0.3, -0.25) is 0 Å². The standard InChI is InChI=1S/C22H21N3O2/c1-25-18-11-12-23-22(17(18)14-19(25)15-7-5-4-6-8-15)24-16-9-10-20(26-2)21(13-16)27-3/h4-14H,1-3H3,(H,23,24).